The Bertz CT molecular complexity index is 164. The van der Waals surface area contributed by atoms with Crippen molar-refractivity contribution in [1.29, 1.82) is 0 Å². The summed E-state index contributed by atoms with van der Waals surface area (Å²) in [6, 6.07) is 0. The topological polar surface area (TPSA) is 265 Å². The van der Waals surface area contributed by atoms with Gasteiger partial charge in [0, 0.05) is 21.1 Å². The van der Waals surface area contributed by atoms with Gasteiger partial charge in [0.2, 0.25) is 0 Å². The normalized spacial score (nSPS) is 5.33. The molecule has 0 radical (unpaired) electrons. The first-order chi connectivity index (χ1) is 6.93. The molecule has 0 rings (SSSR count). The number of rotatable bonds is 0. The van der Waals surface area contributed by atoms with Crippen molar-refractivity contribution >= 4 is 12.4 Å². The predicted octanol–water partition coefficient (Wildman–Crippen LogP) is -0.537. The maximum atomic E-state index is 8.25. The molecule has 0 amide bonds. The summed E-state index contributed by atoms with van der Waals surface area (Å²) >= 11 is 0. The summed E-state index contributed by atoms with van der Waals surface area (Å²) < 4.78 is 0. The Balaban J connectivity index is -0.0000000257. The summed E-state index contributed by atoms with van der Waals surface area (Å²) in [5.41, 5.74) is 0. The predicted molar refractivity (Wildman–Crippen MR) is 48.7 cm³/mol. The number of hydrogen-bond acceptors (Lipinski definition) is 12. The van der Waals surface area contributed by atoms with Crippen LogP contribution < -0.4 is 0 Å². The molecular formula is HClN4O12W-4. The minimum absolute atomic E-state index is 0. The third-order valence-electron chi connectivity index (χ3n) is 0. The van der Waals surface area contributed by atoms with Gasteiger partial charge in [-0.3, -0.25) is 0 Å². The van der Waals surface area contributed by atoms with E-state index < -0.39 is 20.3 Å². The average Bonchev–Trinajstić information content (AvgIpc) is 1.76. The molecule has 0 aliphatic heterocycles. The molecule has 0 aromatic carbocycles. The molecule has 0 fully saturated rings. The summed E-state index contributed by atoms with van der Waals surface area (Å²) in [5.74, 6) is 0. The van der Waals surface area contributed by atoms with Crippen LogP contribution in [0.2, 0.25) is 0 Å². The van der Waals surface area contributed by atoms with Crippen LogP contribution in [0.5, 0.6) is 0 Å². The van der Waals surface area contributed by atoms with E-state index in [1.165, 1.54) is 0 Å². The molecule has 0 aliphatic carbocycles. The maximum absolute atomic E-state index is 8.25. The largest absolute Gasteiger partial charge is 0.356 e. The van der Waals surface area contributed by atoms with Gasteiger partial charge in [-0.1, -0.05) is 0 Å². The van der Waals surface area contributed by atoms with Gasteiger partial charge in [-0.2, -0.15) is 0 Å². The van der Waals surface area contributed by atoms with E-state index in [1.54, 1.807) is 0 Å². The van der Waals surface area contributed by atoms with Gasteiger partial charge in [0.1, 0.15) is 0 Å². The monoisotopic (exact) mass is 468 g/mol. The quantitative estimate of drug-likeness (QED) is 0.320. The Morgan fingerprint density at radius 2 is 0.444 bits per heavy atom. The van der Waals surface area contributed by atoms with Crippen LogP contribution >= 0.6 is 12.4 Å². The van der Waals surface area contributed by atoms with E-state index >= 15 is 0 Å². The van der Waals surface area contributed by atoms with Gasteiger partial charge < -0.3 is 61.3 Å². The first-order valence-electron chi connectivity index (χ1n) is 2.19. The zero-order valence-corrected chi connectivity index (χ0v) is 11.3. The van der Waals surface area contributed by atoms with Crippen molar-refractivity contribution in [3.8, 4) is 0 Å². The molecule has 0 N–H and O–H groups in total. The molecule has 0 bridgehead atoms. The Morgan fingerprint density at radius 3 is 0.444 bits per heavy atom. The summed E-state index contributed by atoms with van der Waals surface area (Å²) in [6.07, 6.45) is 0. The van der Waals surface area contributed by atoms with Gasteiger partial charge >= 0.3 is 0 Å². The fraction of sp³-hybridized carbons (Fsp3) is 0. The van der Waals surface area contributed by atoms with Crippen LogP contribution in [0.15, 0.2) is 0 Å². The van der Waals surface area contributed by atoms with Gasteiger partial charge in [-0.15, -0.1) is 12.4 Å². The van der Waals surface area contributed by atoms with E-state index in [9.17, 15) is 0 Å². The molecule has 0 aromatic heterocycles. The molecule has 0 unspecified atom stereocenters. The molecule has 0 spiro atoms. The Morgan fingerprint density at radius 1 is 0.444 bits per heavy atom. The van der Waals surface area contributed by atoms with Crippen LogP contribution in [-0.4, -0.2) is 20.3 Å². The SMILES string of the molecule is Cl.O=[N+]([O-])[O-].O=[N+]([O-])[O-].O=[N+]([O-])[O-].O=[N+]([O-])[O-].[W]. The second-order valence-corrected chi connectivity index (χ2v) is 0.894. The van der Waals surface area contributed by atoms with Crippen molar-refractivity contribution < 1.29 is 41.4 Å². The van der Waals surface area contributed by atoms with Crippen LogP contribution in [-0.2, 0) is 21.1 Å². The molecule has 18 heteroatoms. The standard InChI is InChI=1S/ClH.4NO3.W/c;4*2-1(3)4;/h1H;;;;;/q;4*-1;. The molecule has 18 heavy (non-hydrogen) atoms. The fourth-order valence-corrected chi connectivity index (χ4v) is 0. The number of hydrogen-bond donors (Lipinski definition) is 0. The summed E-state index contributed by atoms with van der Waals surface area (Å²) in [6.45, 7) is 0. The van der Waals surface area contributed by atoms with E-state index in [-0.39, 0.29) is 33.5 Å². The van der Waals surface area contributed by atoms with Gasteiger partial charge in [-0.25, -0.2) is 0 Å². The third-order valence-corrected chi connectivity index (χ3v) is 0. The molecule has 0 aliphatic rings. The molecule has 110 valence electrons. The molecule has 0 saturated heterocycles. The fourth-order valence-electron chi connectivity index (χ4n) is 0. The maximum Gasteiger partial charge on any atom is 0.0689 e. The Labute approximate surface area is 116 Å². The third kappa shape index (κ3) is 456. The Hall–Kier alpha value is -2.22. The summed E-state index contributed by atoms with van der Waals surface area (Å²) in [5, 5.41) is 59.0. The van der Waals surface area contributed by atoms with E-state index in [0.29, 0.717) is 0 Å². The van der Waals surface area contributed by atoms with E-state index in [1.807, 2.05) is 0 Å². The van der Waals surface area contributed by atoms with Crippen molar-refractivity contribution in [2.45, 2.75) is 0 Å². The van der Waals surface area contributed by atoms with Gasteiger partial charge in [0.05, 0.1) is 20.3 Å². The van der Waals surface area contributed by atoms with Gasteiger partial charge in [-0.05, 0) is 0 Å². The van der Waals surface area contributed by atoms with Gasteiger partial charge in [0.15, 0.2) is 0 Å². The average molecular weight is 468 g/mol. The molecule has 16 nitrogen and oxygen atoms in total. The molecular weight excluding hydrogens is 467 g/mol. The molecule has 0 aromatic rings. The second kappa shape index (κ2) is 29.3. The second-order valence-electron chi connectivity index (χ2n) is 0.894. The van der Waals surface area contributed by atoms with Crippen LogP contribution in [0, 0.1) is 61.3 Å². The molecule has 0 atom stereocenters. The van der Waals surface area contributed by atoms with Crippen molar-refractivity contribution in [3.05, 3.63) is 61.3 Å². The van der Waals surface area contributed by atoms with E-state index in [2.05, 4.69) is 0 Å². The summed E-state index contributed by atoms with van der Waals surface area (Å²) in [7, 11) is 0. The van der Waals surface area contributed by atoms with E-state index in [4.69, 9.17) is 61.3 Å². The Kier molecular flexibility index (Phi) is 58.7. The number of nitrogens with zero attached hydrogens (tertiary/aromatic N) is 4. The van der Waals surface area contributed by atoms with Crippen LogP contribution in [0.3, 0.4) is 0 Å². The zero-order chi connectivity index (χ0) is 14.3. The van der Waals surface area contributed by atoms with E-state index in [0.717, 1.165) is 0 Å². The van der Waals surface area contributed by atoms with Crippen LogP contribution in [0.1, 0.15) is 0 Å². The minimum atomic E-state index is -1.75. The zero-order valence-electron chi connectivity index (χ0n) is 7.50. The summed E-state index contributed by atoms with van der Waals surface area (Å²) in [4.78, 5) is 33.0. The van der Waals surface area contributed by atoms with Crippen molar-refractivity contribution in [2.75, 3.05) is 0 Å². The van der Waals surface area contributed by atoms with Gasteiger partial charge in [0.25, 0.3) is 0 Å². The first kappa shape index (κ1) is 36.0. The van der Waals surface area contributed by atoms with Crippen LogP contribution in [0.4, 0.5) is 0 Å². The van der Waals surface area contributed by atoms with Crippen LogP contribution in [0.25, 0.3) is 0 Å². The van der Waals surface area contributed by atoms with Crippen molar-refractivity contribution in [3.63, 3.8) is 0 Å². The molecule has 0 saturated carbocycles. The minimum Gasteiger partial charge on any atom is -0.356 e. The smallest absolute Gasteiger partial charge is 0.0689 e. The first-order valence-corrected chi connectivity index (χ1v) is 2.19. The van der Waals surface area contributed by atoms with Crippen molar-refractivity contribution in [2.24, 2.45) is 0 Å². The number of halogens is 1. The molecule has 0 heterocycles. The van der Waals surface area contributed by atoms with Crippen molar-refractivity contribution in [1.82, 2.24) is 0 Å².